The number of nitrogens with one attached hydrogen (secondary N) is 1. The molecule has 6 heteroatoms. The Kier molecular flexibility index (Phi) is 6.16. The lowest BCUT2D eigenvalue weighted by Gasteiger charge is -2.30. The van der Waals surface area contributed by atoms with Crippen LogP contribution < -0.4 is 5.32 Å². The van der Waals surface area contributed by atoms with Crippen LogP contribution in [0.2, 0.25) is 0 Å². The second-order valence-corrected chi connectivity index (χ2v) is 6.90. The Bertz CT molecular complexity index is 593. The average molecular weight is 386 g/mol. The Morgan fingerprint density at radius 1 is 1.35 bits per heavy atom. The van der Waals surface area contributed by atoms with Gasteiger partial charge in [0.25, 0.3) is 5.91 Å². The van der Waals surface area contributed by atoms with Crippen LogP contribution in [0.1, 0.15) is 49.9 Å². The van der Waals surface area contributed by atoms with Crippen molar-refractivity contribution in [3.63, 3.8) is 0 Å². The van der Waals surface area contributed by atoms with Crippen molar-refractivity contribution in [1.29, 1.82) is 0 Å². The van der Waals surface area contributed by atoms with E-state index in [2.05, 4.69) is 28.2 Å². The summed E-state index contributed by atoms with van der Waals surface area (Å²) in [6.07, 6.45) is 3.45. The SMILES string of the molecule is C[C@@H]1CCCC[C@H]1NC(=O)[C@@H](C)OC(=O)c1ccc(F)cc1Br. The first-order valence-corrected chi connectivity index (χ1v) is 8.64. The summed E-state index contributed by atoms with van der Waals surface area (Å²) in [5.74, 6) is -0.973. The summed E-state index contributed by atoms with van der Waals surface area (Å²) in [6.45, 7) is 3.66. The molecule has 0 heterocycles. The molecule has 4 nitrogen and oxygen atoms in total. The van der Waals surface area contributed by atoms with Crippen LogP contribution in [0.3, 0.4) is 0 Å². The number of carbonyl (C=O) groups is 2. The van der Waals surface area contributed by atoms with Gasteiger partial charge in [-0.1, -0.05) is 19.8 Å². The summed E-state index contributed by atoms with van der Waals surface area (Å²) >= 11 is 3.12. The van der Waals surface area contributed by atoms with Crippen molar-refractivity contribution in [2.75, 3.05) is 0 Å². The van der Waals surface area contributed by atoms with Crippen molar-refractivity contribution in [3.8, 4) is 0 Å². The van der Waals surface area contributed by atoms with Gasteiger partial charge in [0.05, 0.1) is 5.56 Å². The van der Waals surface area contributed by atoms with Crippen LogP contribution >= 0.6 is 15.9 Å². The molecule has 1 aliphatic carbocycles. The molecule has 0 unspecified atom stereocenters. The van der Waals surface area contributed by atoms with E-state index in [0.717, 1.165) is 19.3 Å². The lowest BCUT2D eigenvalue weighted by Crippen LogP contribution is -2.46. The van der Waals surface area contributed by atoms with Gasteiger partial charge in [-0.15, -0.1) is 0 Å². The van der Waals surface area contributed by atoms with Crippen LogP contribution in [-0.4, -0.2) is 24.0 Å². The normalized spacial score (nSPS) is 22.3. The number of ether oxygens (including phenoxy) is 1. The number of halogens is 2. The van der Waals surface area contributed by atoms with Crippen LogP contribution in [0.5, 0.6) is 0 Å². The highest BCUT2D eigenvalue weighted by Gasteiger charge is 2.26. The van der Waals surface area contributed by atoms with E-state index < -0.39 is 17.9 Å². The van der Waals surface area contributed by atoms with Gasteiger partial charge in [0, 0.05) is 10.5 Å². The van der Waals surface area contributed by atoms with Crippen LogP contribution in [-0.2, 0) is 9.53 Å². The Labute approximate surface area is 143 Å². The summed E-state index contributed by atoms with van der Waals surface area (Å²) in [7, 11) is 0. The summed E-state index contributed by atoms with van der Waals surface area (Å²) < 4.78 is 18.5. The molecular weight excluding hydrogens is 365 g/mol. The molecule has 0 saturated heterocycles. The molecule has 1 fully saturated rings. The molecule has 1 amide bonds. The summed E-state index contributed by atoms with van der Waals surface area (Å²) in [5.41, 5.74) is 0.192. The fraction of sp³-hybridized carbons (Fsp3) is 0.529. The third kappa shape index (κ3) is 4.77. The molecule has 0 aliphatic heterocycles. The Balaban J connectivity index is 1.93. The van der Waals surface area contributed by atoms with Gasteiger partial charge in [-0.05, 0) is 59.8 Å². The Hall–Kier alpha value is -1.43. The van der Waals surface area contributed by atoms with Crippen molar-refractivity contribution < 1.29 is 18.7 Å². The third-order valence-electron chi connectivity index (χ3n) is 4.24. The highest BCUT2D eigenvalue weighted by Crippen LogP contribution is 2.24. The molecule has 0 aromatic heterocycles. The van der Waals surface area contributed by atoms with E-state index in [0.29, 0.717) is 10.4 Å². The molecule has 0 bridgehead atoms. The van der Waals surface area contributed by atoms with Crippen molar-refractivity contribution >= 4 is 27.8 Å². The predicted molar refractivity (Wildman–Crippen MR) is 88.5 cm³/mol. The van der Waals surface area contributed by atoms with Gasteiger partial charge < -0.3 is 10.1 Å². The molecule has 0 radical (unpaired) electrons. The molecule has 1 aromatic rings. The predicted octanol–water partition coefficient (Wildman–Crippen LogP) is 3.83. The lowest BCUT2D eigenvalue weighted by molar-refractivity contribution is -0.130. The van der Waals surface area contributed by atoms with Crippen LogP contribution in [0, 0.1) is 11.7 Å². The van der Waals surface area contributed by atoms with Gasteiger partial charge in [0.2, 0.25) is 0 Å². The second-order valence-electron chi connectivity index (χ2n) is 6.05. The Morgan fingerprint density at radius 2 is 2.04 bits per heavy atom. The molecular formula is C17H21BrFNO3. The van der Waals surface area contributed by atoms with Crippen molar-refractivity contribution in [1.82, 2.24) is 5.32 Å². The smallest absolute Gasteiger partial charge is 0.340 e. The summed E-state index contributed by atoms with van der Waals surface area (Å²) in [5, 5.41) is 2.96. The van der Waals surface area contributed by atoms with E-state index in [4.69, 9.17) is 4.74 Å². The quantitative estimate of drug-likeness (QED) is 0.801. The maximum absolute atomic E-state index is 13.1. The number of hydrogen-bond donors (Lipinski definition) is 1. The van der Waals surface area contributed by atoms with Gasteiger partial charge in [-0.25, -0.2) is 9.18 Å². The first-order chi connectivity index (χ1) is 10.9. The molecule has 3 atom stereocenters. The van der Waals surface area contributed by atoms with Gasteiger partial charge in [-0.3, -0.25) is 4.79 Å². The number of amides is 1. The molecule has 0 spiro atoms. The second kappa shape index (κ2) is 7.90. The maximum Gasteiger partial charge on any atom is 0.340 e. The van der Waals surface area contributed by atoms with Crippen LogP contribution in [0.25, 0.3) is 0 Å². The fourth-order valence-electron chi connectivity index (χ4n) is 2.76. The molecule has 1 saturated carbocycles. The van der Waals surface area contributed by atoms with Gasteiger partial charge in [0.15, 0.2) is 6.10 Å². The number of esters is 1. The van der Waals surface area contributed by atoms with E-state index in [1.165, 1.54) is 31.5 Å². The van der Waals surface area contributed by atoms with Crippen molar-refractivity contribution in [2.24, 2.45) is 5.92 Å². The van der Waals surface area contributed by atoms with Gasteiger partial charge >= 0.3 is 5.97 Å². The number of carbonyl (C=O) groups excluding carboxylic acids is 2. The number of hydrogen-bond acceptors (Lipinski definition) is 3. The zero-order valence-electron chi connectivity index (χ0n) is 13.3. The minimum Gasteiger partial charge on any atom is -0.449 e. The highest BCUT2D eigenvalue weighted by molar-refractivity contribution is 9.10. The van der Waals surface area contributed by atoms with E-state index in [9.17, 15) is 14.0 Å². The summed E-state index contributed by atoms with van der Waals surface area (Å²) in [6, 6.07) is 3.83. The van der Waals surface area contributed by atoms with Crippen LogP contribution in [0.4, 0.5) is 4.39 Å². The van der Waals surface area contributed by atoms with Crippen molar-refractivity contribution in [2.45, 2.75) is 51.7 Å². The topological polar surface area (TPSA) is 55.4 Å². The zero-order chi connectivity index (χ0) is 17.0. The molecule has 126 valence electrons. The number of rotatable bonds is 4. The van der Waals surface area contributed by atoms with E-state index in [1.54, 1.807) is 0 Å². The van der Waals surface area contributed by atoms with E-state index in [-0.39, 0.29) is 17.5 Å². The van der Waals surface area contributed by atoms with E-state index in [1.807, 2.05) is 0 Å². The zero-order valence-corrected chi connectivity index (χ0v) is 14.9. The molecule has 1 N–H and O–H groups in total. The molecule has 1 aliphatic rings. The average Bonchev–Trinajstić information content (AvgIpc) is 2.49. The first-order valence-electron chi connectivity index (χ1n) is 7.85. The molecule has 2 rings (SSSR count). The van der Waals surface area contributed by atoms with Crippen molar-refractivity contribution in [3.05, 3.63) is 34.1 Å². The minimum atomic E-state index is -0.895. The van der Waals surface area contributed by atoms with Crippen LogP contribution in [0.15, 0.2) is 22.7 Å². The minimum absolute atomic E-state index is 0.134. The first kappa shape index (κ1) is 17.9. The van der Waals surface area contributed by atoms with E-state index >= 15 is 0 Å². The Morgan fingerprint density at radius 3 is 2.70 bits per heavy atom. The lowest BCUT2D eigenvalue weighted by atomic mass is 9.86. The summed E-state index contributed by atoms with van der Waals surface area (Å²) in [4.78, 5) is 24.3. The fourth-order valence-corrected chi connectivity index (χ4v) is 3.28. The largest absolute Gasteiger partial charge is 0.449 e. The van der Waals surface area contributed by atoms with Gasteiger partial charge in [0.1, 0.15) is 5.82 Å². The third-order valence-corrected chi connectivity index (χ3v) is 4.90. The highest BCUT2D eigenvalue weighted by atomic mass is 79.9. The standard InChI is InChI=1S/C17H21BrFNO3/c1-10-5-3-4-6-15(10)20-16(21)11(2)23-17(22)13-8-7-12(19)9-14(13)18/h7-11,15H,3-6H2,1-2H3,(H,20,21)/t10-,11-,15-/m1/s1. The monoisotopic (exact) mass is 385 g/mol. The molecule has 1 aromatic carbocycles. The number of benzene rings is 1. The molecule has 23 heavy (non-hydrogen) atoms. The maximum atomic E-state index is 13.1. The van der Waals surface area contributed by atoms with Gasteiger partial charge in [-0.2, -0.15) is 0 Å².